The van der Waals surface area contributed by atoms with E-state index in [2.05, 4.69) is 34.4 Å². The van der Waals surface area contributed by atoms with Crippen LogP contribution < -0.4 is 14.2 Å². The Hall–Kier alpha value is -3.09. The lowest BCUT2D eigenvalue weighted by Gasteiger charge is -2.46. The van der Waals surface area contributed by atoms with E-state index in [1.54, 1.807) is 20.3 Å². The van der Waals surface area contributed by atoms with Gasteiger partial charge in [-0.1, -0.05) is 18.2 Å². The lowest BCUT2D eigenvalue weighted by Crippen LogP contribution is -2.47. The van der Waals surface area contributed by atoms with Crippen molar-refractivity contribution in [3.8, 4) is 22.9 Å². The molecule has 2 aliphatic heterocycles. The van der Waals surface area contributed by atoms with Crippen LogP contribution >= 0.6 is 11.6 Å². The molecule has 33 heavy (non-hydrogen) atoms. The minimum absolute atomic E-state index is 0.122. The summed E-state index contributed by atoms with van der Waals surface area (Å²) in [7, 11) is 3.21. The first-order chi connectivity index (χ1) is 16.0. The highest BCUT2D eigenvalue weighted by Crippen LogP contribution is 2.47. The third-order valence-electron chi connectivity index (χ3n) is 6.74. The van der Waals surface area contributed by atoms with Gasteiger partial charge in [-0.15, -0.1) is 0 Å². The largest absolute Gasteiger partial charge is 0.496 e. The zero-order chi connectivity index (χ0) is 23.2. The average Bonchev–Trinajstić information content (AvgIpc) is 3.34. The summed E-state index contributed by atoms with van der Waals surface area (Å²) in [5.41, 5.74) is 4.16. The third-order valence-corrected chi connectivity index (χ3v) is 6.97. The molecule has 3 heterocycles. The van der Waals surface area contributed by atoms with Gasteiger partial charge in [-0.25, -0.2) is 0 Å². The molecule has 0 radical (unpaired) electrons. The van der Waals surface area contributed by atoms with Crippen LogP contribution in [0, 0.1) is 0 Å². The summed E-state index contributed by atoms with van der Waals surface area (Å²) in [5, 5.41) is 10.4. The molecule has 3 aromatic rings. The van der Waals surface area contributed by atoms with E-state index in [1.165, 1.54) is 0 Å². The highest BCUT2D eigenvalue weighted by molar-refractivity contribution is 6.30. The number of benzene rings is 2. The molecule has 1 saturated heterocycles. The number of nitrogens with zero attached hydrogens (tertiary/aromatic N) is 2. The van der Waals surface area contributed by atoms with E-state index < -0.39 is 5.60 Å². The monoisotopic (exact) mass is 466 g/mol. The van der Waals surface area contributed by atoms with Gasteiger partial charge in [-0.2, -0.15) is 0 Å². The summed E-state index contributed by atoms with van der Waals surface area (Å²) < 4.78 is 19.8. The number of aromatic nitrogens is 1. The van der Waals surface area contributed by atoms with Crippen LogP contribution in [-0.2, 0) is 12.2 Å². The van der Waals surface area contributed by atoms with E-state index >= 15 is 0 Å². The maximum atomic E-state index is 9.78. The summed E-state index contributed by atoms with van der Waals surface area (Å²) in [6, 6.07) is 13.7. The van der Waals surface area contributed by atoms with Gasteiger partial charge in [0.2, 0.25) is 0 Å². The number of hydrogen-bond acceptors (Lipinski definition) is 5. The molecule has 0 saturated carbocycles. The second-order valence-corrected chi connectivity index (χ2v) is 8.86. The van der Waals surface area contributed by atoms with Gasteiger partial charge < -0.3 is 28.8 Å². The molecule has 5 rings (SSSR count). The Bertz CT molecular complexity index is 1210. The molecule has 1 spiro atoms. The van der Waals surface area contributed by atoms with Crippen molar-refractivity contribution < 1.29 is 19.3 Å². The second kappa shape index (κ2) is 8.36. The van der Waals surface area contributed by atoms with Gasteiger partial charge >= 0.3 is 0 Å². The molecular weight excluding hydrogens is 440 g/mol. The second-order valence-electron chi connectivity index (χ2n) is 8.43. The van der Waals surface area contributed by atoms with E-state index in [9.17, 15) is 5.11 Å². The summed E-state index contributed by atoms with van der Waals surface area (Å²) in [6.45, 7) is 5.78. The molecule has 1 N–H and O–H groups in total. The standard InChI is InChI=1S/C26H27ClN2O4/c1-17(20-13-18(16-30)22(31-2)15-23(20)32-3)28-11-8-26(9-12-28)25-5-4-10-29(25)21-7-6-19(27)14-24(21)33-26/h4-7,10,13-15,30H,1,8-9,11-12,16H2,2-3H3. The topological polar surface area (TPSA) is 56.1 Å². The molecule has 2 aliphatic rings. The Balaban J connectivity index is 1.42. The van der Waals surface area contributed by atoms with Crippen molar-refractivity contribution in [1.82, 2.24) is 9.47 Å². The van der Waals surface area contributed by atoms with Gasteiger partial charge in [0, 0.05) is 66.1 Å². The van der Waals surface area contributed by atoms with Crippen LogP contribution in [0.25, 0.3) is 11.4 Å². The molecular formula is C26H27ClN2O4. The molecule has 0 aliphatic carbocycles. The Morgan fingerprint density at radius 2 is 1.88 bits per heavy atom. The van der Waals surface area contributed by atoms with Crippen molar-refractivity contribution in [2.45, 2.75) is 25.0 Å². The Morgan fingerprint density at radius 1 is 1.12 bits per heavy atom. The number of aliphatic hydroxyl groups excluding tert-OH is 1. The van der Waals surface area contributed by atoms with Crippen LogP contribution in [0.4, 0.5) is 0 Å². The zero-order valence-corrected chi connectivity index (χ0v) is 19.6. The lowest BCUT2D eigenvalue weighted by atomic mass is 9.86. The molecule has 1 aromatic heterocycles. The number of halogens is 1. The van der Waals surface area contributed by atoms with E-state index in [-0.39, 0.29) is 6.61 Å². The fraction of sp³-hybridized carbons (Fsp3) is 0.308. The van der Waals surface area contributed by atoms with Crippen LogP contribution in [0.2, 0.25) is 5.02 Å². The van der Waals surface area contributed by atoms with Crippen molar-refractivity contribution in [2.75, 3.05) is 27.3 Å². The summed E-state index contributed by atoms with van der Waals surface area (Å²) in [6.07, 6.45) is 3.68. The quantitative estimate of drug-likeness (QED) is 0.573. The highest BCUT2D eigenvalue weighted by atomic mass is 35.5. The molecule has 0 atom stereocenters. The first-order valence-electron chi connectivity index (χ1n) is 11.0. The predicted octanol–water partition coefficient (Wildman–Crippen LogP) is 4.99. The highest BCUT2D eigenvalue weighted by Gasteiger charge is 2.44. The normalized spacial score (nSPS) is 16.1. The predicted molar refractivity (Wildman–Crippen MR) is 128 cm³/mol. The molecule has 1 fully saturated rings. The van der Waals surface area contributed by atoms with Crippen molar-refractivity contribution in [2.24, 2.45) is 0 Å². The van der Waals surface area contributed by atoms with E-state index in [0.717, 1.165) is 54.3 Å². The molecule has 0 unspecified atom stereocenters. The minimum Gasteiger partial charge on any atom is -0.496 e. The van der Waals surface area contributed by atoms with Gasteiger partial charge in [-0.3, -0.25) is 0 Å². The summed E-state index contributed by atoms with van der Waals surface area (Å²) in [4.78, 5) is 2.25. The number of likely N-dealkylation sites (tertiary alicyclic amines) is 1. The number of piperidine rings is 1. The van der Waals surface area contributed by atoms with Crippen LogP contribution in [-0.4, -0.2) is 41.9 Å². The van der Waals surface area contributed by atoms with E-state index in [1.807, 2.05) is 24.3 Å². The fourth-order valence-electron chi connectivity index (χ4n) is 4.97. The van der Waals surface area contributed by atoms with Crippen LogP contribution in [0.5, 0.6) is 17.2 Å². The third kappa shape index (κ3) is 3.54. The number of methoxy groups -OCH3 is 2. The van der Waals surface area contributed by atoms with Crippen molar-refractivity contribution in [3.05, 3.63) is 77.1 Å². The Morgan fingerprint density at radius 3 is 2.58 bits per heavy atom. The average molecular weight is 467 g/mol. The van der Waals surface area contributed by atoms with Gasteiger partial charge in [0.25, 0.3) is 0 Å². The van der Waals surface area contributed by atoms with E-state index in [0.29, 0.717) is 22.1 Å². The zero-order valence-electron chi connectivity index (χ0n) is 18.8. The lowest BCUT2D eigenvalue weighted by molar-refractivity contribution is -0.000407. The Labute approximate surface area is 198 Å². The molecule has 0 bridgehead atoms. The van der Waals surface area contributed by atoms with Gasteiger partial charge in [0.05, 0.1) is 32.2 Å². The first kappa shape index (κ1) is 21.7. The van der Waals surface area contributed by atoms with Crippen molar-refractivity contribution >= 4 is 17.3 Å². The van der Waals surface area contributed by atoms with Gasteiger partial charge in [0.1, 0.15) is 17.2 Å². The molecule has 172 valence electrons. The van der Waals surface area contributed by atoms with Crippen LogP contribution in [0.15, 0.2) is 55.2 Å². The molecule has 7 heteroatoms. The van der Waals surface area contributed by atoms with Crippen LogP contribution in [0.1, 0.15) is 29.7 Å². The maximum absolute atomic E-state index is 9.78. The van der Waals surface area contributed by atoms with Crippen molar-refractivity contribution in [1.29, 1.82) is 0 Å². The minimum atomic E-state index is -0.418. The number of hydrogen-bond donors (Lipinski definition) is 1. The van der Waals surface area contributed by atoms with E-state index in [4.69, 9.17) is 25.8 Å². The summed E-state index contributed by atoms with van der Waals surface area (Å²) >= 11 is 6.26. The smallest absolute Gasteiger partial charge is 0.153 e. The van der Waals surface area contributed by atoms with Gasteiger partial charge in [0.15, 0.2) is 5.60 Å². The molecule has 0 amide bonds. The van der Waals surface area contributed by atoms with Crippen LogP contribution in [0.3, 0.4) is 0 Å². The number of aliphatic hydroxyl groups is 1. The molecule has 6 nitrogen and oxygen atoms in total. The number of fused-ring (bicyclic) bond motifs is 4. The Kier molecular flexibility index (Phi) is 5.51. The number of ether oxygens (including phenoxy) is 3. The van der Waals surface area contributed by atoms with Crippen molar-refractivity contribution in [3.63, 3.8) is 0 Å². The number of rotatable bonds is 5. The fourth-order valence-corrected chi connectivity index (χ4v) is 5.14. The first-order valence-corrected chi connectivity index (χ1v) is 11.3. The maximum Gasteiger partial charge on any atom is 0.153 e. The molecule has 2 aromatic carbocycles. The SMILES string of the molecule is C=C(c1cc(CO)c(OC)cc1OC)N1CCC2(CC1)Oc1cc(Cl)ccc1-n1cccc12. The van der Waals surface area contributed by atoms with Gasteiger partial charge in [-0.05, 0) is 30.3 Å². The summed E-state index contributed by atoms with van der Waals surface area (Å²) in [5.74, 6) is 2.07.